The van der Waals surface area contributed by atoms with E-state index in [0.717, 1.165) is 10.6 Å². The molecule has 3 heteroatoms. The molecule has 0 aliphatic rings. The molecule has 0 spiro atoms. The Balaban J connectivity index is 1.84. The molecule has 0 aliphatic carbocycles. The molecular formula is C23H26NOP. The molecule has 0 unspecified atom stereocenters. The van der Waals surface area contributed by atoms with Crippen molar-refractivity contribution >= 4 is 17.8 Å². The van der Waals surface area contributed by atoms with Gasteiger partial charge in [0.25, 0.3) is 0 Å². The zero-order valence-corrected chi connectivity index (χ0v) is 16.3. The topological polar surface area (TPSA) is 29.1 Å². The maximum atomic E-state index is 14.1. The molecule has 0 fully saturated rings. The molecule has 3 aromatic rings. The number of hydrogen-bond acceptors (Lipinski definition) is 2. The van der Waals surface area contributed by atoms with Crippen LogP contribution in [0.2, 0.25) is 0 Å². The van der Waals surface area contributed by atoms with Gasteiger partial charge in [0.15, 0.2) is 0 Å². The Hall–Kier alpha value is -2.15. The Morgan fingerprint density at radius 2 is 1.15 bits per heavy atom. The van der Waals surface area contributed by atoms with Crippen molar-refractivity contribution in [2.24, 2.45) is 0 Å². The molecule has 0 saturated carbocycles. The summed E-state index contributed by atoms with van der Waals surface area (Å²) in [6.07, 6.45) is 0.595. The highest BCUT2D eigenvalue weighted by Crippen LogP contribution is 2.44. The van der Waals surface area contributed by atoms with Crippen LogP contribution in [0.4, 0.5) is 0 Å². The molecule has 26 heavy (non-hydrogen) atoms. The molecule has 0 heterocycles. The smallest absolute Gasteiger partial charge is 0.144 e. The Morgan fingerprint density at radius 3 is 1.62 bits per heavy atom. The van der Waals surface area contributed by atoms with Crippen LogP contribution in [0.5, 0.6) is 0 Å². The van der Waals surface area contributed by atoms with Gasteiger partial charge in [-0.25, -0.2) is 0 Å². The van der Waals surface area contributed by atoms with Crippen LogP contribution < -0.4 is 15.9 Å². The minimum absolute atomic E-state index is 0.122. The molecule has 1 N–H and O–H groups in total. The van der Waals surface area contributed by atoms with Crippen LogP contribution in [0.1, 0.15) is 25.5 Å². The molecule has 0 radical (unpaired) electrons. The van der Waals surface area contributed by atoms with Gasteiger partial charge in [0.05, 0.1) is 0 Å². The molecule has 2 nitrogen and oxygen atoms in total. The van der Waals surface area contributed by atoms with Gasteiger partial charge in [0.2, 0.25) is 0 Å². The predicted octanol–water partition coefficient (Wildman–Crippen LogP) is 4.74. The van der Waals surface area contributed by atoms with E-state index in [4.69, 9.17) is 0 Å². The van der Waals surface area contributed by atoms with Crippen molar-refractivity contribution < 1.29 is 4.57 Å². The highest BCUT2D eigenvalue weighted by atomic mass is 31.2. The van der Waals surface area contributed by atoms with E-state index in [1.165, 1.54) is 5.56 Å². The van der Waals surface area contributed by atoms with E-state index in [1.54, 1.807) is 0 Å². The lowest BCUT2D eigenvalue weighted by Crippen LogP contribution is -2.35. The second-order valence-corrected chi connectivity index (χ2v) is 9.67. The molecule has 0 aliphatic heterocycles. The van der Waals surface area contributed by atoms with E-state index >= 15 is 0 Å². The Kier molecular flexibility index (Phi) is 6.08. The SMILES string of the molecule is C[C@H](CP(=O)(c1ccccc1)c1ccccc1)N[C@@H](C)c1ccccc1. The van der Waals surface area contributed by atoms with Crippen molar-refractivity contribution in [1.82, 2.24) is 5.32 Å². The lowest BCUT2D eigenvalue weighted by Gasteiger charge is -2.26. The maximum Gasteiger partial charge on any atom is 0.144 e. The van der Waals surface area contributed by atoms with Crippen LogP contribution in [-0.2, 0) is 4.57 Å². The first-order valence-electron chi connectivity index (χ1n) is 9.11. The molecule has 3 rings (SSSR count). The first-order valence-corrected chi connectivity index (χ1v) is 11.0. The molecule has 0 saturated heterocycles. The monoisotopic (exact) mass is 363 g/mol. The van der Waals surface area contributed by atoms with Crippen molar-refractivity contribution in [1.29, 1.82) is 0 Å². The third-order valence-corrected chi connectivity index (χ3v) is 8.04. The lowest BCUT2D eigenvalue weighted by molar-refractivity contribution is 0.502. The largest absolute Gasteiger partial charge is 0.314 e. The highest BCUT2D eigenvalue weighted by molar-refractivity contribution is 7.78. The van der Waals surface area contributed by atoms with Gasteiger partial charge in [0, 0.05) is 28.9 Å². The third kappa shape index (κ3) is 4.33. The zero-order chi connectivity index (χ0) is 18.4. The van der Waals surface area contributed by atoms with Gasteiger partial charge in [-0.15, -0.1) is 0 Å². The van der Waals surface area contributed by atoms with Gasteiger partial charge in [-0.05, 0) is 19.4 Å². The van der Waals surface area contributed by atoms with Gasteiger partial charge >= 0.3 is 0 Å². The minimum Gasteiger partial charge on any atom is -0.314 e. The van der Waals surface area contributed by atoms with Crippen molar-refractivity contribution in [2.75, 3.05) is 6.16 Å². The average Bonchev–Trinajstić information content (AvgIpc) is 2.70. The number of nitrogens with one attached hydrogen (secondary N) is 1. The van der Waals surface area contributed by atoms with Crippen molar-refractivity contribution in [3.63, 3.8) is 0 Å². The summed E-state index contributed by atoms with van der Waals surface area (Å²) >= 11 is 0. The highest BCUT2D eigenvalue weighted by Gasteiger charge is 2.29. The summed E-state index contributed by atoms with van der Waals surface area (Å²) in [5, 5.41) is 5.47. The van der Waals surface area contributed by atoms with E-state index in [1.807, 2.05) is 66.7 Å². The Bertz CT molecular complexity index is 806. The number of benzene rings is 3. The summed E-state index contributed by atoms with van der Waals surface area (Å²) < 4.78 is 14.1. The van der Waals surface area contributed by atoms with E-state index in [2.05, 4.69) is 43.4 Å². The first kappa shape index (κ1) is 18.6. The van der Waals surface area contributed by atoms with E-state index < -0.39 is 7.14 Å². The Morgan fingerprint density at radius 1 is 0.731 bits per heavy atom. The average molecular weight is 363 g/mol. The summed E-state index contributed by atoms with van der Waals surface area (Å²) in [7, 11) is -2.69. The van der Waals surface area contributed by atoms with Crippen molar-refractivity contribution in [3.05, 3.63) is 96.6 Å². The summed E-state index contributed by atoms with van der Waals surface area (Å²) in [5.74, 6) is 0. The van der Waals surface area contributed by atoms with E-state index in [0.29, 0.717) is 6.16 Å². The van der Waals surface area contributed by atoms with Crippen LogP contribution in [0.15, 0.2) is 91.0 Å². The summed E-state index contributed by atoms with van der Waals surface area (Å²) in [6, 6.07) is 30.5. The minimum atomic E-state index is -2.69. The normalized spacial score (nSPS) is 13.9. The van der Waals surface area contributed by atoms with Gasteiger partial charge in [0.1, 0.15) is 7.14 Å². The number of hydrogen-bond donors (Lipinski definition) is 1. The first-order chi connectivity index (χ1) is 12.6. The lowest BCUT2D eigenvalue weighted by atomic mass is 10.1. The predicted molar refractivity (Wildman–Crippen MR) is 112 cm³/mol. The van der Waals surface area contributed by atoms with Crippen LogP contribution in [0, 0.1) is 0 Å². The van der Waals surface area contributed by atoms with Gasteiger partial charge in [-0.1, -0.05) is 91.0 Å². The molecule has 2 atom stereocenters. The van der Waals surface area contributed by atoms with E-state index in [-0.39, 0.29) is 12.1 Å². The van der Waals surface area contributed by atoms with Crippen LogP contribution >= 0.6 is 7.14 Å². The summed E-state index contributed by atoms with van der Waals surface area (Å²) in [5.41, 5.74) is 1.24. The second-order valence-electron chi connectivity index (χ2n) is 6.79. The van der Waals surface area contributed by atoms with Gasteiger partial charge in [-0.2, -0.15) is 0 Å². The van der Waals surface area contributed by atoms with Gasteiger partial charge < -0.3 is 9.88 Å². The van der Waals surface area contributed by atoms with Gasteiger partial charge in [-0.3, -0.25) is 0 Å². The van der Waals surface area contributed by atoms with Crippen LogP contribution in [-0.4, -0.2) is 12.2 Å². The molecule has 3 aromatic carbocycles. The van der Waals surface area contributed by atoms with Crippen LogP contribution in [0.25, 0.3) is 0 Å². The third-order valence-electron chi connectivity index (χ3n) is 4.71. The molecule has 0 amide bonds. The number of rotatable bonds is 7. The molecular weight excluding hydrogens is 337 g/mol. The fraction of sp³-hybridized carbons (Fsp3) is 0.217. The quantitative estimate of drug-likeness (QED) is 0.614. The van der Waals surface area contributed by atoms with Crippen molar-refractivity contribution in [2.45, 2.75) is 25.9 Å². The zero-order valence-electron chi connectivity index (χ0n) is 15.4. The molecule has 0 bridgehead atoms. The fourth-order valence-corrected chi connectivity index (χ4v) is 6.30. The standard InChI is InChI=1S/C23H26NOP/c1-19(24-20(2)21-12-6-3-7-13-21)18-26(25,22-14-8-4-9-15-22)23-16-10-5-11-17-23/h3-17,19-20,24H,18H2,1-2H3/t19-,20+/m1/s1. The molecule has 0 aromatic heterocycles. The molecule has 134 valence electrons. The maximum absolute atomic E-state index is 14.1. The van der Waals surface area contributed by atoms with Crippen molar-refractivity contribution in [3.8, 4) is 0 Å². The summed E-state index contributed by atoms with van der Waals surface area (Å²) in [4.78, 5) is 0. The fourth-order valence-electron chi connectivity index (χ4n) is 3.40. The Labute approximate surface area is 156 Å². The van der Waals surface area contributed by atoms with Crippen LogP contribution in [0.3, 0.4) is 0 Å². The summed E-state index contributed by atoms with van der Waals surface area (Å²) in [6.45, 7) is 4.28. The van der Waals surface area contributed by atoms with E-state index in [9.17, 15) is 4.57 Å². The second kappa shape index (κ2) is 8.49.